The highest BCUT2D eigenvalue weighted by Crippen LogP contribution is 2.32. The summed E-state index contributed by atoms with van der Waals surface area (Å²) < 4.78 is 5.41. The van der Waals surface area contributed by atoms with E-state index in [1.807, 2.05) is 36.4 Å². The van der Waals surface area contributed by atoms with E-state index in [1.165, 1.54) is 12.1 Å². The van der Waals surface area contributed by atoms with E-state index in [2.05, 4.69) is 5.16 Å². The van der Waals surface area contributed by atoms with Crippen LogP contribution in [0.1, 0.15) is 0 Å². The maximum Gasteiger partial charge on any atom is 0.269 e. The van der Waals surface area contributed by atoms with Gasteiger partial charge in [0.1, 0.15) is 5.69 Å². The number of non-ortho nitro benzene ring substituents is 1. The van der Waals surface area contributed by atoms with Crippen molar-refractivity contribution in [1.29, 1.82) is 0 Å². The summed E-state index contributed by atoms with van der Waals surface area (Å²) in [4.78, 5) is 10.3. The fraction of sp³-hybridized carbons (Fsp3) is 0. The second kappa shape index (κ2) is 4.66. The Morgan fingerprint density at radius 3 is 2.32 bits per heavy atom. The number of nitro groups is 1. The highest BCUT2D eigenvalue weighted by molar-refractivity contribution is 6.01. The first-order valence-corrected chi connectivity index (χ1v) is 6.75. The van der Waals surface area contributed by atoms with Crippen molar-refractivity contribution in [3.8, 4) is 11.3 Å². The molecule has 0 spiro atoms. The zero-order chi connectivity index (χ0) is 15.1. The third-order valence-corrected chi connectivity index (χ3v) is 3.69. The fourth-order valence-electron chi connectivity index (χ4n) is 2.57. The van der Waals surface area contributed by atoms with Gasteiger partial charge in [-0.2, -0.15) is 0 Å². The number of rotatable bonds is 2. The lowest BCUT2D eigenvalue weighted by Gasteiger charge is -1.99. The molecule has 0 amide bonds. The predicted octanol–water partition coefficient (Wildman–Crippen LogP) is 4.56. The molecule has 0 fully saturated rings. The molecule has 3 aromatic carbocycles. The lowest BCUT2D eigenvalue weighted by atomic mass is 10.0. The summed E-state index contributed by atoms with van der Waals surface area (Å²) >= 11 is 0. The van der Waals surface area contributed by atoms with Crippen molar-refractivity contribution in [1.82, 2.24) is 5.16 Å². The number of hydrogen-bond acceptors (Lipinski definition) is 4. The van der Waals surface area contributed by atoms with E-state index in [1.54, 1.807) is 12.1 Å². The van der Waals surface area contributed by atoms with Crippen LogP contribution >= 0.6 is 0 Å². The molecule has 1 heterocycles. The quantitative estimate of drug-likeness (QED) is 0.401. The predicted molar refractivity (Wildman–Crippen MR) is 83.6 cm³/mol. The number of hydrogen-bond donors (Lipinski definition) is 0. The van der Waals surface area contributed by atoms with Gasteiger partial charge in [-0.1, -0.05) is 29.4 Å². The van der Waals surface area contributed by atoms with E-state index < -0.39 is 4.92 Å². The van der Waals surface area contributed by atoms with Crippen LogP contribution in [0.5, 0.6) is 0 Å². The molecule has 0 atom stereocenters. The van der Waals surface area contributed by atoms with Gasteiger partial charge < -0.3 is 4.52 Å². The van der Waals surface area contributed by atoms with Crippen LogP contribution in [0.4, 0.5) is 5.69 Å². The molecule has 1 aromatic heterocycles. The average molecular weight is 290 g/mol. The molecule has 5 nitrogen and oxygen atoms in total. The first-order valence-electron chi connectivity index (χ1n) is 6.75. The summed E-state index contributed by atoms with van der Waals surface area (Å²) in [5, 5.41) is 17.9. The Kier molecular flexibility index (Phi) is 2.66. The molecule has 0 radical (unpaired) electrons. The lowest BCUT2D eigenvalue weighted by molar-refractivity contribution is -0.384. The van der Waals surface area contributed by atoms with Crippen LogP contribution in [-0.2, 0) is 0 Å². The highest BCUT2D eigenvalue weighted by Gasteiger charge is 2.13. The molecule has 0 aliphatic heterocycles. The van der Waals surface area contributed by atoms with Gasteiger partial charge in [0.25, 0.3) is 5.69 Å². The SMILES string of the molecule is O=[N+]([O-])c1ccc(-c2noc3cc4ccccc4cc23)cc1. The minimum Gasteiger partial charge on any atom is -0.356 e. The van der Waals surface area contributed by atoms with E-state index in [0.29, 0.717) is 11.3 Å². The van der Waals surface area contributed by atoms with Crippen LogP contribution in [0.15, 0.2) is 65.2 Å². The molecule has 4 rings (SSSR count). The van der Waals surface area contributed by atoms with E-state index >= 15 is 0 Å². The third-order valence-electron chi connectivity index (χ3n) is 3.69. The Hall–Kier alpha value is -3.21. The summed E-state index contributed by atoms with van der Waals surface area (Å²) in [5.74, 6) is 0. The molecule has 4 aromatic rings. The molecular formula is C17H10N2O3. The molecule has 0 N–H and O–H groups in total. The number of aromatic nitrogens is 1. The summed E-state index contributed by atoms with van der Waals surface area (Å²) in [6.45, 7) is 0. The van der Waals surface area contributed by atoms with E-state index in [0.717, 1.165) is 21.7 Å². The van der Waals surface area contributed by atoms with Crippen LogP contribution in [0.3, 0.4) is 0 Å². The van der Waals surface area contributed by atoms with Crippen molar-refractivity contribution in [3.63, 3.8) is 0 Å². The van der Waals surface area contributed by atoms with Crippen molar-refractivity contribution in [3.05, 3.63) is 70.8 Å². The maximum absolute atomic E-state index is 10.7. The molecule has 106 valence electrons. The van der Waals surface area contributed by atoms with Gasteiger partial charge in [-0.15, -0.1) is 0 Å². The second-order valence-electron chi connectivity index (χ2n) is 5.03. The molecule has 0 unspecified atom stereocenters. The van der Waals surface area contributed by atoms with Crippen molar-refractivity contribution >= 4 is 27.4 Å². The number of nitrogens with zero attached hydrogens (tertiary/aromatic N) is 2. The summed E-state index contributed by atoms with van der Waals surface area (Å²) in [6.07, 6.45) is 0. The Morgan fingerprint density at radius 1 is 0.955 bits per heavy atom. The molecule has 0 saturated carbocycles. The number of nitro benzene ring substituents is 1. The summed E-state index contributed by atoms with van der Waals surface area (Å²) in [7, 11) is 0. The summed E-state index contributed by atoms with van der Waals surface area (Å²) in [5.41, 5.74) is 2.24. The zero-order valence-electron chi connectivity index (χ0n) is 11.4. The van der Waals surface area contributed by atoms with Gasteiger partial charge in [0, 0.05) is 17.7 Å². The maximum atomic E-state index is 10.7. The minimum atomic E-state index is -0.418. The molecule has 0 saturated heterocycles. The van der Waals surface area contributed by atoms with Gasteiger partial charge in [0.05, 0.1) is 10.3 Å². The van der Waals surface area contributed by atoms with Gasteiger partial charge in [0.2, 0.25) is 0 Å². The van der Waals surface area contributed by atoms with E-state index in [-0.39, 0.29) is 5.69 Å². The molecular weight excluding hydrogens is 280 g/mol. The average Bonchev–Trinajstić information content (AvgIpc) is 2.95. The standard InChI is InChI=1S/C17H10N2O3/c20-19(21)14-7-5-11(6-8-14)17-15-9-12-3-1-2-4-13(12)10-16(15)22-18-17/h1-10H. The molecule has 5 heteroatoms. The van der Waals surface area contributed by atoms with Gasteiger partial charge >= 0.3 is 0 Å². The topological polar surface area (TPSA) is 69.2 Å². The highest BCUT2D eigenvalue weighted by atomic mass is 16.6. The zero-order valence-corrected chi connectivity index (χ0v) is 11.4. The third kappa shape index (κ3) is 1.91. The van der Waals surface area contributed by atoms with Crippen molar-refractivity contribution < 1.29 is 9.45 Å². The van der Waals surface area contributed by atoms with Crippen LogP contribution in [0.2, 0.25) is 0 Å². The molecule has 0 aliphatic carbocycles. The van der Waals surface area contributed by atoms with Crippen molar-refractivity contribution in [2.45, 2.75) is 0 Å². The van der Waals surface area contributed by atoms with Gasteiger partial charge in [-0.3, -0.25) is 10.1 Å². The van der Waals surface area contributed by atoms with E-state index in [4.69, 9.17) is 4.52 Å². The smallest absolute Gasteiger partial charge is 0.269 e. The van der Waals surface area contributed by atoms with Gasteiger partial charge in [-0.25, -0.2) is 0 Å². The van der Waals surface area contributed by atoms with Crippen LogP contribution in [-0.4, -0.2) is 10.1 Å². The van der Waals surface area contributed by atoms with Gasteiger partial charge in [0.15, 0.2) is 5.58 Å². The monoisotopic (exact) mass is 290 g/mol. The van der Waals surface area contributed by atoms with Gasteiger partial charge in [-0.05, 0) is 35.0 Å². The van der Waals surface area contributed by atoms with Crippen LogP contribution < -0.4 is 0 Å². The Labute approximate surface area is 124 Å². The second-order valence-corrected chi connectivity index (χ2v) is 5.03. The Morgan fingerprint density at radius 2 is 1.64 bits per heavy atom. The largest absolute Gasteiger partial charge is 0.356 e. The normalized spacial score (nSPS) is 11.1. The van der Waals surface area contributed by atoms with Crippen molar-refractivity contribution in [2.24, 2.45) is 0 Å². The molecule has 0 aliphatic rings. The molecule has 22 heavy (non-hydrogen) atoms. The van der Waals surface area contributed by atoms with Crippen LogP contribution in [0, 0.1) is 10.1 Å². The molecule has 0 bridgehead atoms. The fourth-order valence-corrected chi connectivity index (χ4v) is 2.57. The number of benzene rings is 3. The Bertz CT molecular complexity index is 1000. The number of fused-ring (bicyclic) bond motifs is 2. The minimum absolute atomic E-state index is 0.0574. The Balaban J connectivity index is 1.91. The summed E-state index contributed by atoms with van der Waals surface area (Å²) in [6, 6.07) is 18.3. The van der Waals surface area contributed by atoms with Crippen LogP contribution in [0.25, 0.3) is 33.0 Å². The van der Waals surface area contributed by atoms with Crippen molar-refractivity contribution in [2.75, 3.05) is 0 Å². The lowest BCUT2D eigenvalue weighted by Crippen LogP contribution is -1.87. The van der Waals surface area contributed by atoms with E-state index in [9.17, 15) is 10.1 Å². The first-order chi connectivity index (χ1) is 10.7. The first kappa shape index (κ1) is 12.5.